The molecule has 0 saturated carbocycles. The van der Waals surface area contributed by atoms with E-state index in [9.17, 15) is 0 Å². The fraction of sp³-hybridized carbons (Fsp3) is 0. The van der Waals surface area contributed by atoms with E-state index in [0.717, 1.165) is 43.3 Å². The van der Waals surface area contributed by atoms with Gasteiger partial charge in [0, 0.05) is 5.04 Å². The number of fused-ring (bicyclic) bond motifs is 7. The van der Waals surface area contributed by atoms with Crippen molar-refractivity contribution in [3.05, 3.63) is 199 Å². The summed E-state index contributed by atoms with van der Waals surface area (Å²) in [6.07, 6.45) is 3.78. The zero-order chi connectivity index (χ0) is 32.7. The first-order valence-corrected chi connectivity index (χ1v) is 17.2. The maximum Gasteiger partial charge on any atom is 1.00 e. The third-order valence-corrected chi connectivity index (χ3v) is 10.3. The molecular weight excluding hydrogens is 618 g/mol. The van der Waals surface area contributed by atoms with Crippen LogP contribution in [-0.2, 0) is 0 Å². The summed E-state index contributed by atoms with van der Waals surface area (Å²) >= 11 is 1.64. The summed E-state index contributed by atoms with van der Waals surface area (Å²) in [7, 11) is 0. The van der Waals surface area contributed by atoms with Crippen molar-refractivity contribution in [2.24, 2.45) is 4.99 Å². The maximum absolute atomic E-state index is 6.58. The van der Waals surface area contributed by atoms with E-state index in [4.69, 9.17) is 11.6 Å². The number of hydrogen-bond acceptors (Lipinski definition) is 2. The number of benzene rings is 8. The van der Waals surface area contributed by atoms with Gasteiger partial charge in [-0.05, 0) is 60.0 Å². The van der Waals surface area contributed by atoms with Gasteiger partial charge in [-0.25, -0.2) is 0 Å². The van der Waals surface area contributed by atoms with Gasteiger partial charge in [0.2, 0.25) is 0 Å². The van der Waals surface area contributed by atoms with Crippen molar-refractivity contribution in [3.8, 4) is 22.3 Å². The molecule has 0 aromatic heterocycles. The Labute approximate surface area is 308 Å². The molecule has 0 aliphatic carbocycles. The molecule has 3 heteroatoms. The Morgan fingerprint density at radius 1 is 0.480 bits per heavy atom. The summed E-state index contributed by atoms with van der Waals surface area (Å²) in [4.78, 5) is 6.13. The van der Waals surface area contributed by atoms with Crippen molar-refractivity contribution < 1.29 is 18.9 Å². The molecule has 0 amide bonds. The van der Waals surface area contributed by atoms with Crippen LogP contribution in [0.1, 0.15) is 16.7 Å². The Bertz CT molecular complexity index is 2600. The van der Waals surface area contributed by atoms with Crippen molar-refractivity contribution >= 4 is 60.4 Å². The molecule has 0 bridgehead atoms. The van der Waals surface area contributed by atoms with E-state index >= 15 is 0 Å². The van der Waals surface area contributed by atoms with E-state index in [2.05, 4.69) is 140 Å². The average Bonchev–Trinajstić information content (AvgIpc) is 3.50. The van der Waals surface area contributed by atoms with Gasteiger partial charge in [-0.1, -0.05) is 156 Å². The molecule has 0 spiro atoms. The second-order valence-corrected chi connectivity index (χ2v) is 13.3. The zero-order valence-corrected chi connectivity index (χ0v) is 28.4. The van der Waals surface area contributed by atoms with Gasteiger partial charge < -0.3 is 4.99 Å². The second-order valence-electron chi connectivity index (χ2n) is 12.3. The quantitative estimate of drug-likeness (QED) is 0.103. The predicted octanol–water partition coefficient (Wildman–Crippen LogP) is 9.70. The third kappa shape index (κ3) is 5.83. The second kappa shape index (κ2) is 13.5. The first-order valence-electron chi connectivity index (χ1n) is 16.4. The summed E-state index contributed by atoms with van der Waals surface area (Å²) in [5, 5.41) is 8.48. The molecule has 1 aliphatic heterocycles. The number of hydrogen-bond donors (Lipinski definition) is 0. The van der Waals surface area contributed by atoms with E-state index in [0.29, 0.717) is 5.70 Å². The fourth-order valence-electron chi connectivity index (χ4n) is 6.89. The van der Waals surface area contributed by atoms with Gasteiger partial charge >= 0.3 is 18.9 Å². The van der Waals surface area contributed by atoms with Crippen LogP contribution in [0.25, 0.3) is 65.8 Å². The molecule has 0 radical (unpaired) electrons. The summed E-state index contributed by atoms with van der Waals surface area (Å²) < 4.78 is 0. The number of aliphatic imine (C=N–C) groups is 1. The largest absolute Gasteiger partial charge is 1.00 e. The standard InChI is InChI=1S/C47H29NS.Li/c1-31(33-14-4-2-5-15-33)48-47-45(44-30-36(24-26-46(44)49-47)34-16-6-3-7-17-34)28-32-13-12-18-35(27-32)37-23-25-42-40-21-9-8-19-38(40)39-20-10-11-22-41(39)43(42)29-37;/h1-27,29-30H;/q-2;+1. The molecular formula is C47H29LiNS-. The molecule has 0 unspecified atom stereocenters. The zero-order valence-electron chi connectivity index (χ0n) is 27.6. The van der Waals surface area contributed by atoms with Gasteiger partial charge in [0.25, 0.3) is 0 Å². The van der Waals surface area contributed by atoms with Crippen LogP contribution in [0.3, 0.4) is 0 Å². The smallest absolute Gasteiger partial charge is 0.319 e. The monoisotopic (exact) mass is 646 g/mol. The van der Waals surface area contributed by atoms with Crippen LogP contribution < -0.4 is 18.9 Å². The molecule has 230 valence electrons. The summed E-state index contributed by atoms with van der Waals surface area (Å²) in [5.74, 6) is 0. The predicted molar refractivity (Wildman–Crippen MR) is 209 cm³/mol. The Morgan fingerprint density at radius 2 is 1.02 bits per heavy atom. The van der Waals surface area contributed by atoms with Gasteiger partial charge in [-0.3, -0.25) is 6.58 Å². The van der Waals surface area contributed by atoms with Crippen LogP contribution >= 0.6 is 11.8 Å². The van der Waals surface area contributed by atoms with Crippen LogP contribution in [0.5, 0.6) is 0 Å². The van der Waals surface area contributed by atoms with Gasteiger partial charge in [0.15, 0.2) is 0 Å². The molecule has 0 fully saturated rings. The minimum Gasteiger partial charge on any atom is -0.319 e. The first kappa shape index (κ1) is 31.9. The average molecular weight is 647 g/mol. The first-order chi connectivity index (χ1) is 24.2. The maximum atomic E-state index is 6.58. The molecule has 8 aromatic rings. The molecule has 1 aliphatic rings. The van der Waals surface area contributed by atoms with Crippen LogP contribution in [0.15, 0.2) is 180 Å². The van der Waals surface area contributed by atoms with Crippen molar-refractivity contribution in [3.63, 3.8) is 0 Å². The van der Waals surface area contributed by atoms with E-state index in [-0.39, 0.29) is 18.9 Å². The van der Waals surface area contributed by atoms with E-state index in [1.54, 1.807) is 11.8 Å². The summed E-state index contributed by atoms with van der Waals surface area (Å²) in [6, 6.07) is 60.0. The van der Waals surface area contributed by atoms with Gasteiger partial charge in [-0.2, -0.15) is 5.56 Å². The number of thioether (sulfide) groups is 1. The third-order valence-electron chi connectivity index (χ3n) is 9.28. The Kier molecular flexibility index (Phi) is 8.61. The van der Waals surface area contributed by atoms with E-state index in [1.165, 1.54) is 43.4 Å². The van der Waals surface area contributed by atoms with Crippen molar-refractivity contribution in [2.45, 2.75) is 4.90 Å². The molecule has 0 atom stereocenters. The van der Waals surface area contributed by atoms with E-state index < -0.39 is 0 Å². The molecule has 50 heavy (non-hydrogen) atoms. The van der Waals surface area contributed by atoms with Crippen molar-refractivity contribution in [1.82, 2.24) is 0 Å². The Balaban J connectivity index is 0.00000361. The van der Waals surface area contributed by atoms with Gasteiger partial charge in [0.1, 0.15) is 0 Å². The number of rotatable bonds is 5. The van der Waals surface area contributed by atoms with Crippen LogP contribution in [0.2, 0.25) is 0 Å². The minimum atomic E-state index is 0. The molecule has 8 aromatic carbocycles. The van der Waals surface area contributed by atoms with Gasteiger partial charge in [0.05, 0.1) is 0 Å². The number of nitrogens with zero attached hydrogens (tertiary/aromatic N) is 1. The fourth-order valence-corrected chi connectivity index (χ4v) is 7.91. The molecule has 1 nitrogen and oxygen atoms in total. The normalized spacial score (nSPS) is 13.9. The van der Waals surface area contributed by atoms with Gasteiger partial charge in [-0.15, -0.1) is 53.4 Å². The Morgan fingerprint density at radius 3 is 1.72 bits per heavy atom. The van der Waals surface area contributed by atoms with Crippen molar-refractivity contribution in [1.29, 1.82) is 0 Å². The Hall–Kier alpha value is -5.36. The molecule has 0 saturated heterocycles. The van der Waals surface area contributed by atoms with Crippen LogP contribution in [0.4, 0.5) is 0 Å². The van der Waals surface area contributed by atoms with Crippen molar-refractivity contribution in [2.75, 3.05) is 0 Å². The minimum absolute atomic E-state index is 0. The van der Waals surface area contributed by atoms with E-state index in [1.807, 2.05) is 36.4 Å². The SMILES string of the molecule is [CH-]=C(N=C1Sc2ccc(-c3ccccc3)cc2C1=[C-]c1cccc(-c2ccc3c4ccccc4c4ccccc4c3c2)c1)c1ccccc1.[Li+]. The molecule has 1 heterocycles. The summed E-state index contributed by atoms with van der Waals surface area (Å²) in [6.45, 7) is 6.58. The molecule has 0 N–H and O–H groups in total. The topological polar surface area (TPSA) is 12.4 Å². The van der Waals surface area contributed by atoms with Crippen LogP contribution in [0, 0.1) is 12.7 Å². The summed E-state index contributed by atoms with van der Waals surface area (Å²) in [5.41, 5.74) is 9.08. The van der Waals surface area contributed by atoms with Crippen LogP contribution in [-0.4, -0.2) is 5.04 Å². The molecule has 9 rings (SSSR count).